The number of rotatable bonds is 4. The van der Waals surface area contributed by atoms with Crippen LogP contribution in [0.1, 0.15) is 55.1 Å². The number of benzene rings is 1. The van der Waals surface area contributed by atoms with Crippen LogP contribution in [0.4, 0.5) is 0 Å². The van der Waals surface area contributed by atoms with Crippen LogP contribution in [0.25, 0.3) is 0 Å². The Morgan fingerprint density at radius 3 is 2.33 bits per heavy atom. The largest absolute Gasteiger partial charge is 0.350 e. The first kappa shape index (κ1) is 18.9. The summed E-state index contributed by atoms with van der Waals surface area (Å²) in [5.74, 6) is 0.319. The smallest absolute Gasteiger partial charge is 0.251 e. The molecule has 1 aromatic rings. The zero-order valence-corrected chi connectivity index (χ0v) is 16.0. The van der Waals surface area contributed by atoms with Crippen molar-refractivity contribution in [2.24, 2.45) is 5.92 Å². The van der Waals surface area contributed by atoms with Gasteiger partial charge in [0, 0.05) is 24.7 Å². The monoisotopic (exact) mass is 352 g/mol. The van der Waals surface area contributed by atoms with E-state index in [4.69, 9.17) is 0 Å². The van der Waals surface area contributed by atoms with Gasteiger partial charge in [-0.1, -0.05) is 6.92 Å². The first-order chi connectivity index (χ1) is 11.1. The van der Waals surface area contributed by atoms with Crippen LogP contribution >= 0.6 is 0 Å². The molecule has 1 heterocycles. The van der Waals surface area contributed by atoms with Crippen molar-refractivity contribution in [3.8, 4) is 0 Å². The summed E-state index contributed by atoms with van der Waals surface area (Å²) in [5.41, 5.74) is 1.93. The third-order valence-electron chi connectivity index (χ3n) is 4.66. The molecular formula is C18H28N2O3S. The van der Waals surface area contributed by atoms with Gasteiger partial charge >= 0.3 is 0 Å². The average molecular weight is 353 g/mol. The molecule has 24 heavy (non-hydrogen) atoms. The van der Waals surface area contributed by atoms with Crippen LogP contribution in [0.15, 0.2) is 17.0 Å². The van der Waals surface area contributed by atoms with Crippen LogP contribution in [0.2, 0.25) is 0 Å². The molecule has 0 bridgehead atoms. The first-order valence-electron chi connectivity index (χ1n) is 8.55. The van der Waals surface area contributed by atoms with E-state index in [1.54, 1.807) is 17.3 Å². The predicted octanol–water partition coefficient (Wildman–Crippen LogP) is 2.86. The third kappa shape index (κ3) is 3.98. The molecule has 0 atom stereocenters. The molecule has 1 fully saturated rings. The van der Waals surface area contributed by atoms with Gasteiger partial charge in [0.15, 0.2) is 0 Å². The van der Waals surface area contributed by atoms with E-state index in [0.29, 0.717) is 24.6 Å². The topological polar surface area (TPSA) is 66.5 Å². The minimum absolute atomic E-state index is 0.00254. The molecule has 1 amide bonds. The Labute approximate surface area is 145 Å². The van der Waals surface area contributed by atoms with Gasteiger partial charge in [0.25, 0.3) is 5.91 Å². The maximum atomic E-state index is 13.1. The molecule has 1 saturated heterocycles. The van der Waals surface area contributed by atoms with Crippen molar-refractivity contribution in [2.45, 2.75) is 58.4 Å². The fourth-order valence-electron chi connectivity index (χ4n) is 2.94. The van der Waals surface area contributed by atoms with Gasteiger partial charge in [0.1, 0.15) is 0 Å². The molecule has 2 rings (SSSR count). The third-order valence-corrected chi connectivity index (χ3v) is 6.69. The van der Waals surface area contributed by atoms with Gasteiger partial charge in [0.05, 0.1) is 4.90 Å². The summed E-state index contributed by atoms with van der Waals surface area (Å²) >= 11 is 0. The molecule has 5 nitrogen and oxygen atoms in total. The van der Waals surface area contributed by atoms with Crippen molar-refractivity contribution in [1.29, 1.82) is 0 Å². The number of hydrogen-bond acceptors (Lipinski definition) is 3. The summed E-state index contributed by atoms with van der Waals surface area (Å²) in [6.07, 6.45) is 1.76. The predicted molar refractivity (Wildman–Crippen MR) is 95.7 cm³/mol. The number of carbonyl (C=O) groups is 1. The van der Waals surface area contributed by atoms with Crippen molar-refractivity contribution in [3.63, 3.8) is 0 Å². The molecule has 0 aromatic heterocycles. The first-order valence-corrected chi connectivity index (χ1v) is 9.99. The molecule has 0 aliphatic carbocycles. The Hall–Kier alpha value is -1.40. The lowest BCUT2D eigenvalue weighted by molar-refractivity contribution is 0.0943. The van der Waals surface area contributed by atoms with E-state index in [2.05, 4.69) is 12.2 Å². The molecule has 0 saturated carbocycles. The zero-order chi connectivity index (χ0) is 18.1. The molecule has 1 aliphatic heterocycles. The second kappa shape index (κ2) is 7.23. The van der Waals surface area contributed by atoms with Gasteiger partial charge in [-0.15, -0.1) is 0 Å². The summed E-state index contributed by atoms with van der Waals surface area (Å²) < 4.78 is 27.7. The van der Waals surface area contributed by atoms with Crippen molar-refractivity contribution < 1.29 is 13.2 Å². The van der Waals surface area contributed by atoms with Crippen molar-refractivity contribution in [3.05, 3.63) is 28.8 Å². The Morgan fingerprint density at radius 2 is 1.79 bits per heavy atom. The normalized spacial score (nSPS) is 17.2. The van der Waals surface area contributed by atoms with E-state index in [9.17, 15) is 13.2 Å². The summed E-state index contributed by atoms with van der Waals surface area (Å²) in [7, 11) is -3.57. The SMILES string of the molecule is Cc1cc(C(=O)NC(C)C)cc(S(=O)(=O)N2CCC(C)CC2)c1C. The van der Waals surface area contributed by atoms with E-state index in [1.165, 1.54) is 6.07 Å². The fourth-order valence-corrected chi connectivity index (χ4v) is 4.73. The Kier molecular flexibility index (Phi) is 5.71. The van der Waals surface area contributed by atoms with Gasteiger partial charge in [-0.2, -0.15) is 4.31 Å². The van der Waals surface area contributed by atoms with E-state index < -0.39 is 10.0 Å². The van der Waals surface area contributed by atoms with Crippen LogP contribution in [-0.4, -0.2) is 37.8 Å². The Bertz CT molecular complexity index is 718. The number of hydrogen-bond donors (Lipinski definition) is 1. The second-order valence-corrected chi connectivity index (χ2v) is 9.04. The van der Waals surface area contributed by atoms with Crippen molar-refractivity contribution in [2.75, 3.05) is 13.1 Å². The van der Waals surface area contributed by atoms with E-state index in [-0.39, 0.29) is 16.8 Å². The number of piperidine rings is 1. The Morgan fingerprint density at radius 1 is 1.21 bits per heavy atom. The van der Waals surface area contributed by atoms with Crippen LogP contribution < -0.4 is 5.32 Å². The standard InChI is InChI=1S/C18H28N2O3S/c1-12(2)19-18(21)16-10-14(4)15(5)17(11-16)24(22,23)20-8-6-13(3)7-9-20/h10-13H,6-9H2,1-5H3,(H,19,21). The molecule has 1 N–H and O–H groups in total. The van der Waals surface area contributed by atoms with Crippen molar-refractivity contribution in [1.82, 2.24) is 9.62 Å². The summed E-state index contributed by atoms with van der Waals surface area (Å²) in [6.45, 7) is 10.7. The van der Waals surface area contributed by atoms with Crippen LogP contribution in [0, 0.1) is 19.8 Å². The highest BCUT2D eigenvalue weighted by molar-refractivity contribution is 7.89. The number of carbonyl (C=O) groups excluding carboxylic acids is 1. The minimum Gasteiger partial charge on any atom is -0.350 e. The quantitative estimate of drug-likeness (QED) is 0.906. The molecule has 1 aromatic carbocycles. The van der Waals surface area contributed by atoms with E-state index in [1.807, 2.05) is 20.8 Å². The summed E-state index contributed by atoms with van der Waals surface area (Å²) in [4.78, 5) is 12.6. The number of nitrogens with one attached hydrogen (secondary N) is 1. The lowest BCUT2D eigenvalue weighted by atomic mass is 10.0. The van der Waals surface area contributed by atoms with E-state index >= 15 is 0 Å². The summed E-state index contributed by atoms with van der Waals surface area (Å²) in [5, 5.41) is 2.82. The average Bonchev–Trinajstić information content (AvgIpc) is 2.49. The molecule has 0 spiro atoms. The lowest BCUT2D eigenvalue weighted by Gasteiger charge is -2.30. The minimum atomic E-state index is -3.57. The van der Waals surface area contributed by atoms with Gasteiger partial charge < -0.3 is 5.32 Å². The molecule has 0 unspecified atom stereocenters. The number of nitrogens with zero attached hydrogens (tertiary/aromatic N) is 1. The highest BCUT2D eigenvalue weighted by Gasteiger charge is 2.30. The molecule has 0 radical (unpaired) electrons. The molecule has 1 aliphatic rings. The fraction of sp³-hybridized carbons (Fsp3) is 0.611. The van der Waals surface area contributed by atoms with Gasteiger partial charge in [-0.05, 0) is 69.7 Å². The van der Waals surface area contributed by atoms with Gasteiger partial charge in [-0.25, -0.2) is 8.42 Å². The van der Waals surface area contributed by atoms with Crippen LogP contribution in [0.3, 0.4) is 0 Å². The molecule has 134 valence electrons. The highest BCUT2D eigenvalue weighted by atomic mass is 32.2. The summed E-state index contributed by atoms with van der Waals surface area (Å²) in [6, 6.07) is 3.28. The number of sulfonamides is 1. The molecule has 6 heteroatoms. The number of amides is 1. The van der Waals surface area contributed by atoms with Gasteiger partial charge in [0.2, 0.25) is 10.0 Å². The Balaban J connectivity index is 2.41. The van der Waals surface area contributed by atoms with Crippen LogP contribution in [0.5, 0.6) is 0 Å². The van der Waals surface area contributed by atoms with Crippen molar-refractivity contribution >= 4 is 15.9 Å². The molecular weight excluding hydrogens is 324 g/mol. The second-order valence-electron chi connectivity index (χ2n) is 7.13. The van der Waals surface area contributed by atoms with E-state index in [0.717, 1.165) is 24.0 Å². The zero-order valence-electron chi connectivity index (χ0n) is 15.2. The number of aryl methyl sites for hydroxylation is 1. The highest BCUT2D eigenvalue weighted by Crippen LogP contribution is 2.28. The maximum Gasteiger partial charge on any atom is 0.251 e. The van der Waals surface area contributed by atoms with Crippen LogP contribution in [-0.2, 0) is 10.0 Å². The lowest BCUT2D eigenvalue weighted by Crippen LogP contribution is -2.38. The van der Waals surface area contributed by atoms with Gasteiger partial charge in [-0.3, -0.25) is 4.79 Å². The maximum absolute atomic E-state index is 13.1.